The Labute approximate surface area is 130 Å². The number of hydrogen-bond acceptors (Lipinski definition) is 2. The second-order valence-corrected chi connectivity index (χ2v) is 6.23. The van der Waals surface area contributed by atoms with Crippen LogP contribution >= 0.6 is 0 Å². The lowest BCUT2D eigenvalue weighted by Crippen LogP contribution is -2.07. The van der Waals surface area contributed by atoms with Crippen molar-refractivity contribution in [3.8, 4) is 5.69 Å². The molecule has 2 heterocycles. The third-order valence-electron chi connectivity index (χ3n) is 4.72. The number of aromatic nitrogens is 3. The van der Waals surface area contributed by atoms with Crippen molar-refractivity contribution < 1.29 is 0 Å². The molecule has 0 aliphatic heterocycles. The third kappa shape index (κ3) is 1.89. The fourth-order valence-electron chi connectivity index (χ4n) is 3.44. The molecular weight excluding hydrogens is 270 g/mol. The first-order chi connectivity index (χ1) is 10.6. The van der Waals surface area contributed by atoms with E-state index in [0.717, 1.165) is 35.1 Å². The number of hydrogen-bond donors (Lipinski definition) is 0. The van der Waals surface area contributed by atoms with E-state index >= 15 is 0 Å². The van der Waals surface area contributed by atoms with Gasteiger partial charge in [-0.25, -0.2) is 4.68 Å². The molecule has 4 rings (SSSR count). The van der Waals surface area contributed by atoms with Gasteiger partial charge in [-0.1, -0.05) is 30.4 Å². The minimum Gasteiger partial charge on any atom is -0.254 e. The molecule has 3 heteroatoms. The monoisotopic (exact) mass is 289 g/mol. The average Bonchev–Trinajstić information content (AvgIpc) is 3.08. The summed E-state index contributed by atoms with van der Waals surface area (Å²) in [6.45, 7) is 8.37. The van der Waals surface area contributed by atoms with Crippen LogP contribution in [0.15, 0.2) is 48.7 Å². The van der Waals surface area contributed by atoms with Crippen LogP contribution in [0.3, 0.4) is 0 Å². The molecule has 22 heavy (non-hydrogen) atoms. The Morgan fingerprint density at radius 1 is 1.23 bits per heavy atom. The molecule has 1 unspecified atom stereocenters. The fraction of sp³-hybridized carbons (Fsp3) is 0.263. The van der Waals surface area contributed by atoms with Gasteiger partial charge >= 0.3 is 0 Å². The highest BCUT2D eigenvalue weighted by Crippen LogP contribution is 2.35. The van der Waals surface area contributed by atoms with E-state index in [0.29, 0.717) is 5.92 Å². The lowest BCUT2D eigenvalue weighted by Gasteiger charge is -2.11. The first-order valence-corrected chi connectivity index (χ1v) is 7.72. The number of allylic oxidation sites excluding steroid dienone is 1. The summed E-state index contributed by atoms with van der Waals surface area (Å²) in [6.07, 6.45) is 3.93. The molecule has 0 bridgehead atoms. The quantitative estimate of drug-likeness (QED) is 0.667. The van der Waals surface area contributed by atoms with Gasteiger partial charge in [-0.2, -0.15) is 5.10 Å². The molecule has 0 spiro atoms. The summed E-state index contributed by atoms with van der Waals surface area (Å²) < 4.78 is 2.10. The van der Waals surface area contributed by atoms with E-state index in [1.807, 2.05) is 12.3 Å². The maximum Gasteiger partial charge on any atom is 0.0959 e. The molecule has 1 aromatic carbocycles. The van der Waals surface area contributed by atoms with Crippen molar-refractivity contribution in [1.29, 1.82) is 0 Å². The molecule has 1 aliphatic carbocycles. The molecule has 1 aliphatic rings. The zero-order chi connectivity index (χ0) is 15.3. The van der Waals surface area contributed by atoms with E-state index in [1.165, 1.54) is 16.8 Å². The van der Waals surface area contributed by atoms with Gasteiger partial charge in [-0.05, 0) is 50.3 Å². The minimum atomic E-state index is 0.542. The Balaban J connectivity index is 1.91. The molecule has 3 aromatic rings. The lowest BCUT2D eigenvalue weighted by atomic mass is 9.99. The van der Waals surface area contributed by atoms with Crippen molar-refractivity contribution >= 4 is 10.9 Å². The molecule has 0 saturated carbocycles. The average molecular weight is 289 g/mol. The maximum absolute atomic E-state index is 4.79. The van der Waals surface area contributed by atoms with Gasteiger partial charge in [-0.15, -0.1) is 0 Å². The SMILES string of the molecule is C=C(C)C1Cc2c(C)nn(-c3cccc4cccnc34)c2C1. The summed E-state index contributed by atoms with van der Waals surface area (Å²) in [5, 5.41) is 5.94. The molecular formula is C19H19N3. The second kappa shape index (κ2) is 4.80. The molecule has 2 aromatic heterocycles. The van der Waals surface area contributed by atoms with E-state index in [-0.39, 0.29) is 0 Å². The zero-order valence-corrected chi connectivity index (χ0v) is 13.0. The van der Waals surface area contributed by atoms with Crippen molar-refractivity contribution in [1.82, 2.24) is 14.8 Å². The summed E-state index contributed by atoms with van der Waals surface area (Å²) in [5.41, 5.74) is 7.19. The topological polar surface area (TPSA) is 30.7 Å². The molecule has 110 valence electrons. The standard InChI is InChI=1S/C19H19N3/c1-12(2)15-10-16-13(3)21-22(18(16)11-15)17-8-4-6-14-7-5-9-20-19(14)17/h4-9,15H,1,10-11H2,2-3H3. The summed E-state index contributed by atoms with van der Waals surface area (Å²) in [6, 6.07) is 10.4. The molecule has 3 nitrogen and oxygen atoms in total. The van der Waals surface area contributed by atoms with E-state index in [1.54, 1.807) is 0 Å². The van der Waals surface area contributed by atoms with Crippen LogP contribution in [0.2, 0.25) is 0 Å². The zero-order valence-electron chi connectivity index (χ0n) is 13.0. The van der Waals surface area contributed by atoms with Crippen LogP contribution in [-0.4, -0.2) is 14.8 Å². The Kier molecular flexibility index (Phi) is 2.89. The maximum atomic E-state index is 4.79. The van der Waals surface area contributed by atoms with Gasteiger partial charge in [0.1, 0.15) is 0 Å². The number of para-hydroxylation sites is 1. The number of pyridine rings is 1. The predicted molar refractivity (Wildman–Crippen MR) is 89.3 cm³/mol. The lowest BCUT2D eigenvalue weighted by molar-refractivity contribution is 0.632. The van der Waals surface area contributed by atoms with Gasteiger partial charge in [0, 0.05) is 17.3 Å². The van der Waals surface area contributed by atoms with Gasteiger partial charge in [0.25, 0.3) is 0 Å². The van der Waals surface area contributed by atoms with Crippen LogP contribution in [0.4, 0.5) is 0 Å². The number of nitrogens with zero attached hydrogens (tertiary/aromatic N) is 3. The van der Waals surface area contributed by atoms with Crippen molar-refractivity contribution in [2.45, 2.75) is 26.7 Å². The third-order valence-corrected chi connectivity index (χ3v) is 4.72. The highest BCUT2D eigenvalue weighted by atomic mass is 15.3. The van der Waals surface area contributed by atoms with Gasteiger partial charge in [-0.3, -0.25) is 4.98 Å². The number of benzene rings is 1. The largest absolute Gasteiger partial charge is 0.254 e. The Morgan fingerprint density at radius 3 is 2.86 bits per heavy atom. The molecule has 0 radical (unpaired) electrons. The molecule has 0 fully saturated rings. The van der Waals surface area contributed by atoms with Gasteiger partial charge in [0.15, 0.2) is 0 Å². The van der Waals surface area contributed by atoms with E-state index in [9.17, 15) is 0 Å². The van der Waals surface area contributed by atoms with Crippen LogP contribution in [-0.2, 0) is 12.8 Å². The van der Waals surface area contributed by atoms with Crippen molar-refractivity contribution in [3.05, 3.63) is 65.6 Å². The Morgan fingerprint density at radius 2 is 2.05 bits per heavy atom. The second-order valence-electron chi connectivity index (χ2n) is 6.23. The summed E-state index contributed by atoms with van der Waals surface area (Å²) in [5.74, 6) is 0.542. The van der Waals surface area contributed by atoms with Gasteiger partial charge < -0.3 is 0 Å². The van der Waals surface area contributed by atoms with Crippen LogP contribution in [0, 0.1) is 12.8 Å². The van der Waals surface area contributed by atoms with Crippen molar-refractivity contribution in [3.63, 3.8) is 0 Å². The first kappa shape index (κ1) is 13.3. The fourth-order valence-corrected chi connectivity index (χ4v) is 3.44. The van der Waals surface area contributed by atoms with E-state index in [4.69, 9.17) is 5.10 Å². The van der Waals surface area contributed by atoms with Crippen LogP contribution in [0.1, 0.15) is 23.9 Å². The summed E-state index contributed by atoms with van der Waals surface area (Å²) in [4.78, 5) is 4.57. The number of fused-ring (bicyclic) bond motifs is 2. The molecule has 0 saturated heterocycles. The van der Waals surface area contributed by atoms with E-state index in [2.05, 4.69) is 54.4 Å². The van der Waals surface area contributed by atoms with Crippen LogP contribution in [0.25, 0.3) is 16.6 Å². The van der Waals surface area contributed by atoms with Crippen LogP contribution < -0.4 is 0 Å². The van der Waals surface area contributed by atoms with Crippen molar-refractivity contribution in [2.75, 3.05) is 0 Å². The van der Waals surface area contributed by atoms with E-state index < -0.39 is 0 Å². The Bertz CT molecular complexity index is 884. The number of rotatable bonds is 2. The smallest absolute Gasteiger partial charge is 0.0959 e. The summed E-state index contributed by atoms with van der Waals surface area (Å²) in [7, 11) is 0. The molecule has 0 amide bonds. The Hall–Kier alpha value is -2.42. The normalized spacial score (nSPS) is 16.9. The molecule has 0 N–H and O–H groups in total. The van der Waals surface area contributed by atoms with Crippen LogP contribution in [0.5, 0.6) is 0 Å². The predicted octanol–water partition coefficient (Wildman–Crippen LogP) is 4.02. The molecule has 1 atom stereocenters. The number of aryl methyl sites for hydroxylation is 1. The van der Waals surface area contributed by atoms with Crippen molar-refractivity contribution in [2.24, 2.45) is 5.92 Å². The highest BCUT2D eigenvalue weighted by molar-refractivity contribution is 5.86. The highest BCUT2D eigenvalue weighted by Gasteiger charge is 2.29. The van der Waals surface area contributed by atoms with Gasteiger partial charge in [0.2, 0.25) is 0 Å². The minimum absolute atomic E-state index is 0.542. The first-order valence-electron chi connectivity index (χ1n) is 7.72. The van der Waals surface area contributed by atoms with Gasteiger partial charge in [0.05, 0.1) is 16.9 Å². The summed E-state index contributed by atoms with van der Waals surface area (Å²) >= 11 is 0.